The molecule has 172 valence electrons. The first kappa shape index (κ1) is 24.7. The molecule has 2 aromatic rings. The highest BCUT2D eigenvalue weighted by Crippen LogP contribution is 2.27. The topological polar surface area (TPSA) is 70.0 Å². The number of nitrogens with zero attached hydrogens (tertiary/aromatic N) is 2. The summed E-state index contributed by atoms with van der Waals surface area (Å²) in [6, 6.07) is 5.64. The number of aromatic nitrogens is 1. The predicted molar refractivity (Wildman–Crippen MR) is 122 cm³/mol. The molecule has 31 heavy (non-hydrogen) atoms. The van der Waals surface area contributed by atoms with E-state index >= 15 is 0 Å². The highest BCUT2D eigenvalue weighted by Gasteiger charge is 2.28. The number of benzene rings is 1. The number of methoxy groups -OCH3 is 1. The van der Waals surface area contributed by atoms with Gasteiger partial charge < -0.3 is 19.1 Å². The van der Waals surface area contributed by atoms with Gasteiger partial charge in [0.2, 0.25) is 0 Å². The number of ether oxygens (including phenoxy) is 3. The van der Waals surface area contributed by atoms with Crippen LogP contribution in [0, 0.1) is 10.8 Å². The van der Waals surface area contributed by atoms with Crippen molar-refractivity contribution in [2.75, 3.05) is 41.0 Å². The second kappa shape index (κ2) is 9.73. The lowest BCUT2D eigenvalue weighted by Gasteiger charge is -2.26. The van der Waals surface area contributed by atoms with E-state index < -0.39 is 16.9 Å². The van der Waals surface area contributed by atoms with Gasteiger partial charge in [-0.2, -0.15) is 0 Å². The Hall–Kier alpha value is -2.54. The fraction of sp³-hybridized carbons (Fsp3) is 0.583. The van der Waals surface area contributed by atoms with E-state index in [1.165, 1.54) is 4.57 Å². The van der Waals surface area contributed by atoms with Crippen molar-refractivity contribution in [1.29, 1.82) is 0 Å². The lowest BCUT2D eigenvalue weighted by Crippen LogP contribution is -2.32. The molecule has 7 nitrogen and oxygen atoms in total. The van der Waals surface area contributed by atoms with Crippen LogP contribution >= 0.6 is 0 Å². The fourth-order valence-corrected chi connectivity index (χ4v) is 2.94. The van der Waals surface area contributed by atoms with Crippen LogP contribution in [-0.4, -0.2) is 62.5 Å². The summed E-state index contributed by atoms with van der Waals surface area (Å²) in [4.78, 5) is 27.0. The number of fused-ring (bicyclic) bond motifs is 1. The largest absolute Gasteiger partial charge is 0.497 e. The van der Waals surface area contributed by atoms with Crippen molar-refractivity contribution in [2.45, 2.75) is 41.0 Å². The van der Waals surface area contributed by atoms with Crippen LogP contribution in [0.1, 0.15) is 40.2 Å². The molecule has 0 radical (unpaired) electrons. The summed E-state index contributed by atoms with van der Waals surface area (Å²) in [5.74, 6) is 0.467. The number of likely N-dealkylation sites (N-methyl/N-ethyl adjacent to an activating group) is 1. The Bertz CT molecular complexity index is 922. The van der Waals surface area contributed by atoms with Crippen molar-refractivity contribution in [3.05, 3.63) is 30.0 Å². The van der Waals surface area contributed by atoms with Crippen LogP contribution in [0.5, 0.6) is 5.75 Å². The summed E-state index contributed by atoms with van der Waals surface area (Å²) in [5, 5.41) is 0.969. The molecule has 2 rings (SSSR count). The van der Waals surface area contributed by atoms with Crippen LogP contribution in [0.15, 0.2) is 24.4 Å². The van der Waals surface area contributed by atoms with Crippen molar-refractivity contribution in [2.24, 2.45) is 10.8 Å². The predicted octanol–water partition coefficient (Wildman–Crippen LogP) is 4.35. The fourth-order valence-electron chi connectivity index (χ4n) is 2.94. The molecule has 0 fully saturated rings. The van der Waals surface area contributed by atoms with Gasteiger partial charge in [0.15, 0.2) is 0 Å². The first-order valence-electron chi connectivity index (χ1n) is 10.5. The van der Waals surface area contributed by atoms with Crippen molar-refractivity contribution in [3.8, 4) is 5.75 Å². The van der Waals surface area contributed by atoms with E-state index in [4.69, 9.17) is 14.2 Å². The molecule has 0 aliphatic heterocycles. The Labute approximate surface area is 185 Å². The maximum atomic E-state index is 12.9. The third-order valence-electron chi connectivity index (χ3n) is 4.91. The first-order chi connectivity index (χ1) is 14.3. The van der Waals surface area contributed by atoms with E-state index in [9.17, 15) is 9.59 Å². The van der Waals surface area contributed by atoms with Gasteiger partial charge in [-0.25, -0.2) is 4.79 Å². The summed E-state index contributed by atoms with van der Waals surface area (Å²) in [6.07, 6.45) is 2.18. The normalized spacial score (nSPS) is 12.3. The summed E-state index contributed by atoms with van der Waals surface area (Å²) in [6.45, 7) is 10.4. The molecule has 0 saturated heterocycles. The molecular formula is C24H36N2O5. The average Bonchev–Trinajstić information content (AvgIpc) is 3.05. The van der Waals surface area contributed by atoms with Crippen molar-refractivity contribution >= 4 is 23.0 Å². The molecule has 0 spiro atoms. The molecule has 1 heterocycles. The van der Waals surface area contributed by atoms with Crippen LogP contribution in [0.4, 0.5) is 4.79 Å². The van der Waals surface area contributed by atoms with Crippen LogP contribution < -0.4 is 4.74 Å². The van der Waals surface area contributed by atoms with Gasteiger partial charge in [-0.05, 0) is 65.0 Å². The van der Waals surface area contributed by atoms with Crippen molar-refractivity contribution < 1.29 is 23.8 Å². The highest BCUT2D eigenvalue weighted by atomic mass is 16.6. The smallest absolute Gasteiger partial charge is 0.418 e. The maximum Gasteiger partial charge on any atom is 0.418 e. The SMILES string of the molecule is COc1ccc2c(c1)c(CCN(C)C)cn2C(=O)OCC(C)(C)COC(=O)C(C)(C)C. The van der Waals surface area contributed by atoms with Gasteiger partial charge in [-0.3, -0.25) is 9.36 Å². The molecule has 0 atom stereocenters. The van der Waals surface area contributed by atoms with Crippen LogP contribution in [0.3, 0.4) is 0 Å². The van der Waals surface area contributed by atoms with E-state index in [-0.39, 0.29) is 19.2 Å². The van der Waals surface area contributed by atoms with Gasteiger partial charge in [0, 0.05) is 23.5 Å². The Morgan fingerprint density at radius 1 is 1.03 bits per heavy atom. The molecule has 0 aliphatic rings. The monoisotopic (exact) mass is 432 g/mol. The Morgan fingerprint density at radius 3 is 2.26 bits per heavy atom. The van der Waals surface area contributed by atoms with Gasteiger partial charge in [0.25, 0.3) is 0 Å². The minimum atomic E-state index is -0.569. The zero-order chi connectivity index (χ0) is 23.4. The summed E-state index contributed by atoms with van der Waals surface area (Å²) in [7, 11) is 5.66. The van der Waals surface area contributed by atoms with Gasteiger partial charge >= 0.3 is 12.1 Å². The second-order valence-electron chi connectivity index (χ2n) is 10.0. The minimum absolute atomic E-state index is 0.131. The third-order valence-corrected chi connectivity index (χ3v) is 4.91. The number of carbonyl (C=O) groups excluding carboxylic acids is 2. The maximum absolute atomic E-state index is 12.9. The van der Waals surface area contributed by atoms with E-state index in [1.54, 1.807) is 7.11 Å². The lowest BCUT2D eigenvalue weighted by atomic mass is 9.95. The third kappa shape index (κ3) is 6.72. The Kier molecular flexibility index (Phi) is 7.76. The van der Waals surface area contributed by atoms with Gasteiger partial charge in [0.1, 0.15) is 12.4 Å². The van der Waals surface area contributed by atoms with Gasteiger partial charge in [-0.1, -0.05) is 13.8 Å². The summed E-state index contributed by atoms with van der Waals surface area (Å²) >= 11 is 0. The molecule has 1 aromatic heterocycles. The number of esters is 1. The van der Waals surface area contributed by atoms with Gasteiger partial charge in [-0.15, -0.1) is 0 Å². The molecule has 1 aromatic carbocycles. The summed E-state index contributed by atoms with van der Waals surface area (Å²) < 4.78 is 17.9. The highest BCUT2D eigenvalue weighted by molar-refractivity contribution is 5.92. The van der Waals surface area contributed by atoms with E-state index in [0.29, 0.717) is 0 Å². The van der Waals surface area contributed by atoms with Crippen LogP contribution in [0.2, 0.25) is 0 Å². The Balaban J connectivity index is 2.15. The zero-order valence-electron chi connectivity index (χ0n) is 20.1. The number of hydrogen-bond acceptors (Lipinski definition) is 6. The first-order valence-corrected chi connectivity index (χ1v) is 10.5. The van der Waals surface area contributed by atoms with Crippen LogP contribution in [-0.2, 0) is 20.7 Å². The van der Waals surface area contributed by atoms with Crippen LogP contribution in [0.25, 0.3) is 10.9 Å². The van der Waals surface area contributed by atoms with Gasteiger partial charge in [0.05, 0.1) is 24.6 Å². The van der Waals surface area contributed by atoms with E-state index in [0.717, 1.165) is 35.2 Å². The molecule has 0 bridgehead atoms. The number of hydrogen-bond donors (Lipinski definition) is 0. The quantitative estimate of drug-likeness (QED) is 0.578. The van der Waals surface area contributed by atoms with E-state index in [1.807, 2.05) is 73.1 Å². The molecule has 0 unspecified atom stereocenters. The molecule has 0 saturated carbocycles. The molecule has 7 heteroatoms. The van der Waals surface area contributed by atoms with E-state index in [2.05, 4.69) is 4.90 Å². The lowest BCUT2D eigenvalue weighted by molar-refractivity contribution is -0.156. The standard InChI is InChI=1S/C24H36N2O5/c1-23(2,3)21(27)30-15-24(4,5)16-31-22(28)26-14-17(11-12-25(6)7)19-13-18(29-8)9-10-20(19)26/h9-10,13-14H,11-12,15-16H2,1-8H3. The Morgan fingerprint density at radius 2 is 1.68 bits per heavy atom. The number of carbonyl (C=O) groups is 2. The molecule has 0 amide bonds. The molecular weight excluding hydrogens is 396 g/mol. The second-order valence-corrected chi connectivity index (χ2v) is 10.0. The van der Waals surface area contributed by atoms with Crippen molar-refractivity contribution in [1.82, 2.24) is 9.47 Å². The minimum Gasteiger partial charge on any atom is -0.497 e. The van der Waals surface area contributed by atoms with Crippen molar-refractivity contribution in [3.63, 3.8) is 0 Å². The summed E-state index contributed by atoms with van der Waals surface area (Å²) in [5.41, 5.74) is 0.756. The number of rotatable bonds is 8. The average molecular weight is 433 g/mol. The molecule has 0 N–H and O–H groups in total. The molecule has 0 aliphatic carbocycles. The zero-order valence-corrected chi connectivity index (χ0v) is 20.1.